The second kappa shape index (κ2) is 4.89. The summed E-state index contributed by atoms with van der Waals surface area (Å²) < 4.78 is 2.02. The standard InChI is InChI=1S/C12H12Cl2N2/c1-16-7-6-15-12(16)5-3-9-2-4-10(13)8-11(9)14/h2,4,6-8H,3,5H2,1H3. The van der Waals surface area contributed by atoms with E-state index < -0.39 is 0 Å². The molecule has 1 heterocycles. The summed E-state index contributed by atoms with van der Waals surface area (Å²) in [5, 5.41) is 1.40. The second-order valence-electron chi connectivity index (χ2n) is 3.69. The van der Waals surface area contributed by atoms with E-state index in [1.54, 1.807) is 12.3 Å². The fraction of sp³-hybridized carbons (Fsp3) is 0.250. The third-order valence-electron chi connectivity index (χ3n) is 2.55. The number of imidazole rings is 1. The monoisotopic (exact) mass is 254 g/mol. The van der Waals surface area contributed by atoms with E-state index in [2.05, 4.69) is 4.98 Å². The van der Waals surface area contributed by atoms with Crippen molar-refractivity contribution in [3.63, 3.8) is 0 Å². The number of benzene rings is 1. The van der Waals surface area contributed by atoms with Crippen molar-refractivity contribution in [3.8, 4) is 0 Å². The van der Waals surface area contributed by atoms with Gasteiger partial charge in [0.05, 0.1) is 0 Å². The maximum absolute atomic E-state index is 6.10. The highest BCUT2D eigenvalue weighted by Crippen LogP contribution is 2.22. The zero-order valence-electron chi connectivity index (χ0n) is 8.95. The quantitative estimate of drug-likeness (QED) is 0.820. The third-order valence-corrected chi connectivity index (χ3v) is 3.14. The first-order valence-corrected chi connectivity index (χ1v) is 5.82. The second-order valence-corrected chi connectivity index (χ2v) is 4.53. The first kappa shape index (κ1) is 11.5. The van der Waals surface area contributed by atoms with Crippen LogP contribution in [0, 0.1) is 0 Å². The van der Waals surface area contributed by atoms with Gasteiger partial charge in [0.15, 0.2) is 0 Å². The molecule has 0 N–H and O–H groups in total. The summed E-state index contributed by atoms with van der Waals surface area (Å²) in [6.45, 7) is 0. The van der Waals surface area contributed by atoms with Gasteiger partial charge in [-0.1, -0.05) is 29.3 Å². The number of hydrogen-bond donors (Lipinski definition) is 0. The predicted molar refractivity (Wildman–Crippen MR) is 67.1 cm³/mol. The highest BCUT2D eigenvalue weighted by Gasteiger charge is 2.04. The van der Waals surface area contributed by atoms with Crippen LogP contribution in [0.1, 0.15) is 11.4 Å². The van der Waals surface area contributed by atoms with Gasteiger partial charge in [0.2, 0.25) is 0 Å². The molecule has 4 heteroatoms. The van der Waals surface area contributed by atoms with Gasteiger partial charge in [-0.2, -0.15) is 0 Å². The molecule has 1 aromatic heterocycles. The topological polar surface area (TPSA) is 17.8 Å². The van der Waals surface area contributed by atoms with Gasteiger partial charge in [0.1, 0.15) is 5.82 Å². The predicted octanol–water partition coefficient (Wildman–Crippen LogP) is 3.51. The van der Waals surface area contributed by atoms with Crippen molar-refractivity contribution in [2.24, 2.45) is 7.05 Å². The van der Waals surface area contributed by atoms with E-state index in [1.165, 1.54) is 0 Å². The van der Waals surface area contributed by atoms with Gasteiger partial charge in [0.25, 0.3) is 0 Å². The summed E-state index contributed by atoms with van der Waals surface area (Å²) in [5.41, 5.74) is 1.11. The maximum Gasteiger partial charge on any atom is 0.108 e. The average molecular weight is 255 g/mol. The minimum atomic E-state index is 0.672. The number of aromatic nitrogens is 2. The fourth-order valence-corrected chi connectivity index (χ4v) is 2.11. The smallest absolute Gasteiger partial charge is 0.108 e. The normalized spacial score (nSPS) is 10.7. The Hall–Kier alpha value is -0.990. The Balaban J connectivity index is 2.08. The van der Waals surface area contributed by atoms with Crippen LogP contribution in [0.15, 0.2) is 30.6 Å². The fourth-order valence-electron chi connectivity index (χ4n) is 1.61. The van der Waals surface area contributed by atoms with E-state index in [0.717, 1.165) is 29.3 Å². The molecule has 2 nitrogen and oxygen atoms in total. The van der Waals surface area contributed by atoms with Gasteiger partial charge in [0, 0.05) is 35.9 Å². The van der Waals surface area contributed by atoms with Gasteiger partial charge in [-0.05, 0) is 24.1 Å². The molecule has 2 rings (SSSR count). The Labute approximate surface area is 105 Å². The molecular weight excluding hydrogens is 243 g/mol. The van der Waals surface area contributed by atoms with Crippen molar-refractivity contribution >= 4 is 23.2 Å². The Morgan fingerprint density at radius 3 is 2.69 bits per heavy atom. The first-order valence-electron chi connectivity index (χ1n) is 5.07. The van der Waals surface area contributed by atoms with Crippen LogP contribution in [0.4, 0.5) is 0 Å². The Bertz CT molecular complexity index is 492. The lowest BCUT2D eigenvalue weighted by Crippen LogP contribution is -2.00. The zero-order chi connectivity index (χ0) is 11.5. The molecule has 1 aromatic carbocycles. The maximum atomic E-state index is 6.10. The van der Waals surface area contributed by atoms with Gasteiger partial charge in [-0.25, -0.2) is 4.98 Å². The molecule has 0 spiro atoms. The van der Waals surface area contributed by atoms with Crippen molar-refractivity contribution < 1.29 is 0 Å². The molecule has 0 unspecified atom stereocenters. The van der Waals surface area contributed by atoms with Gasteiger partial charge < -0.3 is 4.57 Å². The van der Waals surface area contributed by atoms with Crippen LogP contribution >= 0.6 is 23.2 Å². The molecule has 0 bridgehead atoms. The van der Waals surface area contributed by atoms with Gasteiger partial charge in [-0.15, -0.1) is 0 Å². The largest absolute Gasteiger partial charge is 0.338 e. The summed E-state index contributed by atoms with van der Waals surface area (Å²) in [5.74, 6) is 1.06. The van der Waals surface area contributed by atoms with Gasteiger partial charge >= 0.3 is 0 Å². The molecule has 0 aliphatic carbocycles. The van der Waals surface area contributed by atoms with E-state index in [1.807, 2.05) is 29.9 Å². The highest BCUT2D eigenvalue weighted by atomic mass is 35.5. The van der Waals surface area contributed by atoms with Crippen molar-refractivity contribution in [1.29, 1.82) is 0 Å². The molecule has 0 atom stereocenters. The summed E-state index contributed by atoms with van der Waals surface area (Å²) in [4.78, 5) is 4.27. The number of aryl methyl sites for hydroxylation is 3. The van der Waals surface area contributed by atoms with Crippen molar-refractivity contribution in [3.05, 3.63) is 52.0 Å². The lowest BCUT2D eigenvalue weighted by Gasteiger charge is -2.05. The lowest BCUT2D eigenvalue weighted by molar-refractivity contribution is 0.771. The Morgan fingerprint density at radius 2 is 2.06 bits per heavy atom. The van der Waals surface area contributed by atoms with E-state index in [4.69, 9.17) is 23.2 Å². The Morgan fingerprint density at radius 1 is 1.25 bits per heavy atom. The van der Waals surface area contributed by atoms with Crippen LogP contribution in [-0.2, 0) is 19.9 Å². The summed E-state index contributed by atoms with van der Waals surface area (Å²) in [6, 6.07) is 5.60. The molecule has 0 fully saturated rings. The van der Waals surface area contributed by atoms with Crippen LogP contribution in [-0.4, -0.2) is 9.55 Å². The first-order chi connectivity index (χ1) is 7.66. The van der Waals surface area contributed by atoms with Crippen molar-refractivity contribution in [1.82, 2.24) is 9.55 Å². The van der Waals surface area contributed by atoms with E-state index >= 15 is 0 Å². The van der Waals surface area contributed by atoms with E-state index in [-0.39, 0.29) is 0 Å². The molecule has 84 valence electrons. The number of rotatable bonds is 3. The van der Waals surface area contributed by atoms with Crippen molar-refractivity contribution in [2.75, 3.05) is 0 Å². The van der Waals surface area contributed by atoms with Crippen LogP contribution in [0.3, 0.4) is 0 Å². The van der Waals surface area contributed by atoms with Crippen LogP contribution in [0.2, 0.25) is 10.0 Å². The minimum absolute atomic E-state index is 0.672. The number of hydrogen-bond acceptors (Lipinski definition) is 1. The lowest BCUT2D eigenvalue weighted by atomic mass is 10.1. The highest BCUT2D eigenvalue weighted by molar-refractivity contribution is 6.35. The van der Waals surface area contributed by atoms with Gasteiger partial charge in [-0.3, -0.25) is 0 Å². The summed E-state index contributed by atoms with van der Waals surface area (Å²) in [6.07, 6.45) is 5.50. The van der Waals surface area contributed by atoms with Crippen LogP contribution < -0.4 is 0 Å². The minimum Gasteiger partial charge on any atom is -0.338 e. The third kappa shape index (κ3) is 2.57. The molecular formula is C12H12Cl2N2. The van der Waals surface area contributed by atoms with Crippen LogP contribution in [0.5, 0.6) is 0 Å². The van der Waals surface area contributed by atoms with E-state index in [0.29, 0.717) is 5.02 Å². The molecule has 16 heavy (non-hydrogen) atoms. The Kier molecular flexibility index (Phi) is 3.52. The molecule has 0 saturated heterocycles. The van der Waals surface area contributed by atoms with E-state index in [9.17, 15) is 0 Å². The SMILES string of the molecule is Cn1ccnc1CCc1ccc(Cl)cc1Cl. The summed E-state index contributed by atoms with van der Waals surface area (Å²) >= 11 is 11.9. The molecule has 0 radical (unpaired) electrons. The number of halogens is 2. The van der Waals surface area contributed by atoms with Crippen molar-refractivity contribution in [2.45, 2.75) is 12.8 Å². The van der Waals surface area contributed by atoms with Crippen LogP contribution in [0.25, 0.3) is 0 Å². The zero-order valence-corrected chi connectivity index (χ0v) is 10.5. The molecule has 0 aliphatic rings. The number of nitrogens with zero attached hydrogens (tertiary/aromatic N) is 2. The molecule has 0 aliphatic heterocycles. The molecule has 2 aromatic rings. The average Bonchev–Trinajstić information content (AvgIpc) is 2.63. The molecule has 0 amide bonds. The molecule has 0 saturated carbocycles. The summed E-state index contributed by atoms with van der Waals surface area (Å²) in [7, 11) is 1.99.